The molecular weight excluding hydrogens is 218 g/mol. The van der Waals surface area contributed by atoms with Crippen LogP contribution in [-0.4, -0.2) is 25.4 Å². The molecule has 5 nitrogen and oxygen atoms in total. The van der Waals surface area contributed by atoms with Gasteiger partial charge in [-0.1, -0.05) is 0 Å². The number of hydrogen-bond acceptors (Lipinski definition) is 3. The fraction of sp³-hybridized carbons (Fsp3) is 0.333. The minimum atomic E-state index is -0.362. The van der Waals surface area contributed by atoms with Gasteiger partial charge >= 0.3 is 0 Å². The molecule has 0 saturated carbocycles. The summed E-state index contributed by atoms with van der Waals surface area (Å²) in [6, 6.07) is 5.71. The quantitative estimate of drug-likeness (QED) is 0.798. The van der Waals surface area contributed by atoms with Crippen LogP contribution < -0.4 is 16.0 Å². The number of anilines is 2. The standard InChI is InChI=1S/C12H15N3O2/c1-15(7-11(13)16)9-3-4-10-8(6-9)2-5-12(17)14-10/h3-4,6H,2,5,7H2,1H3,(H2,13,16)(H,14,17). The number of rotatable bonds is 3. The van der Waals surface area contributed by atoms with Gasteiger partial charge in [0.1, 0.15) is 0 Å². The zero-order chi connectivity index (χ0) is 12.4. The van der Waals surface area contributed by atoms with Gasteiger partial charge in [-0.25, -0.2) is 0 Å². The van der Waals surface area contributed by atoms with E-state index in [2.05, 4.69) is 5.32 Å². The monoisotopic (exact) mass is 233 g/mol. The molecule has 1 aliphatic heterocycles. The van der Waals surface area contributed by atoms with E-state index < -0.39 is 0 Å². The van der Waals surface area contributed by atoms with Gasteiger partial charge in [-0.3, -0.25) is 9.59 Å². The molecule has 0 radical (unpaired) electrons. The van der Waals surface area contributed by atoms with Crippen molar-refractivity contribution in [2.24, 2.45) is 5.73 Å². The molecule has 17 heavy (non-hydrogen) atoms. The lowest BCUT2D eigenvalue weighted by Gasteiger charge is -2.22. The van der Waals surface area contributed by atoms with Crippen LogP contribution in [0.3, 0.4) is 0 Å². The molecule has 0 unspecified atom stereocenters. The molecule has 1 aromatic rings. The van der Waals surface area contributed by atoms with Crippen molar-refractivity contribution in [1.29, 1.82) is 0 Å². The fourth-order valence-electron chi connectivity index (χ4n) is 1.93. The summed E-state index contributed by atoms with van der Waals surface area (Å²) < 4.78 is 0. The van der Waals surface area contributed by atoms with Gasteiger partial charge in [-0.2, -0.15) is 0 Å². The first-order valence-electron chi connectivity index (χ1n) is 5.48. The number of aryl methyl sites for hydroxylation is 1. The summed E-state index contributed by atoms with van der Waals surface area (Å²) in [5, 5.41) is 2.82. The topological polar surface area (TPSA) is 75.4 Å². The fourth-order valence-corrected chi connectivity index (χ4v) is 1.93. The molecule has 1 heterocycles. The van der Waals surface area contributed by atoms with Crippen molar-refractivity contribution in [3.05, 3.63) is 23.8 Å². The molecule has 2 rings (SSSR count). The summed E-state index contributed by atoms with van der Waals surface area (Å²) in [4.78, 5) is 23.8. The first-order valence-corrected chi connectivity index (χ1v) is 5.48. The van der Waals surface area contributed by atoms with E-state index in [1.807, 2.05) is 25.2 Å². The first kappa shape index (κ1) is 11.4. The zero-order valence-corrected chi connectivity index (χ0v) is 9.69. The van der Waals surface area contributed by atoms with Crippen molar-refractivity contribution in [3.63, 3.8) is 0 Å². The minimum Gasteiger partial charge on any atom is -0.368 e. The molecule has 0 fully saturated rings. The Morgan fingerprint density at radius 2 is 2.24 bits per heavy atom. The molecule has 0 aliphatic carbocycles. The summed E-state index contributed by atoms with van der Waals surface area (Å²) in [7, 11) is 1.81. The average Bonchev–Trinajstić information content (AvgIpc) is 2.27. The van der Waals surface area contributed by atoms with Gasteiger partial charge in [0.05, 0.1) is 6.54 Å². The third-order valence-corrected chi connectivity index (χ3v) is 2.82. The van der Waals surface area contributed by atoms with Crippen LogP contribution in [0.4, 0.5) is 11.4 Å². The number of primary amides is 1. The van der Waals surface area contributed by atoms with Crippen LogP contribution in [0.2, 0.25) is 0 Å². The molecule has 0 bridgehead atoms. The number of amides is 2. The summed E-state index contributed by atoms with van der Waals surface area (Å²) in [6.07, 6.45) is 1.25. The number of benzene rings is 1. The Balaban J connectivity index is 2.21. The summed E-state index contributed by atoms with van der Waals surface area (Å²) in [5.41, 5.74) is 8.03. The smallest absolute Gasteiger partial charge is 0.236 e. The molecule has 1 aromatic carbocycles. The van der Waals surface area contributed by atoms with Crippen LogP contribution in [0.1, 0.15) is 12.0 Å². The molecular formula is C12H15N3O2. The van der Waals surface area contributed by atoms with E-state index in [-0.39, 0.29) is 18.4 Å². The minimum absolute atomic E-state index is 0.0516. The lowest BCUT2D eigenvalue weighted by atomic mass is 10.0. The Morgan fingerprint density at radius 1 is 1.47 bits per heavy atom. The van der Waals surface area contributed by atoms with E-state index in [1.165, 1.54) is 0 Å². The highest BCUT2D eigenvalue weighted by atomic mass is 16.2. The van der Waals surface area contributed by atoms with E-state index in [4.69, 9.17) is 5.73 Å². The van der Waals surface area contributed by atoms with Gasteiger partial charge in [-0.05, 0) is 30.2 Å². The van der Waals surface area contributed by atoms with E-state index >= 15 is 0 Å². The normalized spacial score (nSPS) is 13.8. The molecule has 3 N–H and O–H groups in total. The van der Waals surface area contributed by atoms with Crippen LogP contribution in [0.15, 0.2) is 18.2 Å². The van der Waals surface area contributed by atoms with Gasteiger partial charge in [0.2, 0.25) is 11.8 Å². The Morgan fingerprint density at radius 3 is 2.94 bits per heavy atom. The van der Waals surface area contributed by atoms with Gasteiger partial charge < -0.3 is 16.0 Å². The van der Waals surface area contributed by atoms with Crippen LogP contribution >= 0.6 is 0 Å². The number of fused-ring (bicyclic) bond motifs is 1. The maximum atomic E-state index is 11.2. The van der Waals surface area contributed by atoms with Crippen molar-refractivity contribution < 1.29 is 9.59 Å². The van der Waals surface area contributed by atoms with Gasteiger partial charge in [0.25, 0.3) is 0 Å². The summed E-state index contributed by atoms with van der Waals surface area (Å²) >= 11 is 0. The van der Waals surface area contributed by atoms with E-state index in [0.717, 1.165) is 23.4 Å². The summed E-state index contributed by atoms with van der Waals surface area (Å²) in [6.45, 7) is 0.186. The number of nitrogens with one attached hydrogen (secondary N) is 1. The lowest BCUT2D eigenvalue weighted by molar-refractivity contribution is -0.117. The van der Waals surface area contributed by atoms with E-state index in [0.29, 0.717) is 6.42 Å². The molecule has 0 aromatic heterocycles. The highest BCUT2D eigenvalue weighted by molar-refractivity contribution is 5.94. The molecule has 1 aliphatic rings. The molecule has 90 valence electrons. The predicted molar refractivity (Wildman–Crippen MR) is 65.9 cm³/mol. The van der Waals surface area contributed by atoms with Crippen molar-refractivity contribution in [2.45, 2.75) is 12.8 Å². The average molecular weight is 233 g/mol. The lowest BCUT2D eigenvalue weighted by Crippen LogP contribution is -2.30. The number of carbonyl (C=O) groups excluding carboxylic acids is 2. The zero-order valence-electron chi connectivity index (χ0n) is 9.69. The van der Waals surface area contributed by atoms with Crippen LogP contribution in [0.5, 0.6) is 0 Å². The Labute approximate surface area is 99.6 Å². The third kappa shape index (κ3) is 2.55. The number of hydrogen-bond donors (Lipinski definition) is 2. The second kappa shape index (κ2) is 4.45. The van der Waals surface area contributed by atoms with Gasteiger partial charge in [0.15, 0.2) is 0 Å². The van der Waals surface area contributed by atoms with Crippen molar-refractivity contribution in [3.8, 4) is 0 Å². The number of nitrogens with two attached hydrogens (primary N) is 1. The largest absolute Gasteiger partial charge is 0.368 e. The molecule has 2 amide bonds. The Bertz CT molecular complexity index is 471. The van der Waals surface area contributed by atoms with Gasteiger partial charge in [-0.15, -0.1) is 0 Å². The third-order valence-electron chi connectivity index (χ3n) is 2.82. The van der Waals surface area contributed by atoms with Crippen molar-refractivity contribution >= 4 is 23.2 Å². The van der Waals surface area contributed by atoms with Crippen LogP contribution in [0.25, 0.3) is 0 Å². The Kier molecular flexibility index (Phi) is 2.99. The Hall–Kier alpha value is -2.04. The molecule has 0 saturated heterocycles. The van der Waals surface area contributed by atoms with Crippen LogP contribution in [-0.2, 0) is 16.0 Å². The predicted octanol–water partition coefficient (Wildman–Crippen LogP) is 0.493. The number of carbonyl (C=O) groups is 2. The highest BCUT2D eigenvalue weighted by Crippen LogP contribution is 2.26. The van der Waals surface area contributed by atoms with Crippen LogP contribution in [0, 0.1) is 0 Å². The van der Waals surface area contributed by atoms with Crippen molar-refractivity contribution in [1.82, 2.24) is 0 Å². The maximum Gasteiger partial charge on any atom is 0.236 e. The van der Waals surface area contributed by atoms with Crippen molar-refractivity contribution in [2.75, 3.05) is 23.8 Å². The highest BCUT2D eigenvalue weighted by Gasteiger charge is 2.15. The van der Waals surface area contributed by atoms with E-state index in [9.17, 15) is 9.59 Å². The first-order chi connectivity index (χ1) is 8.06. The second-order valence-corrected chi connectivity index (χ2v) is 4.21. The second-order valence-electron chi connectivity index (χ2n) is 4.21. The molecule has 0 spiro atoms. The van der Waals surface area contributed by atoms with Gasteiger partial charge in [0, 0.05) is 24.8 Å². The number of nitrogens with zero attached hydrogens (tertiary/aromatic N) is 1. The molecule has 5 heteroatoms. The SMILES string of the molecule is CN(CC(N)=O)c1ccc2c(c1)CCC(=O)N2. The maximum absolute atomic E-state index is 11.2. The van der Waals surface area contributed by atoms with E-state index in [1.54, 1.807) is 4.90 Å². The summed E-state index contributed by atoms with van der Waals surface area (Å²) in [5.74, 6) is -0.311. The number of likely N-dealkylation sites (N-methyl/N-ethyl adjacent to an activating group) is 1. The molecule has 0 atom stereocenters.